The van der Waals surface area contributed by atoms with Crippen molar-refractivity contribution in [3.05, 3.63) is 87.9 Å². The normalized spacial score (nSPS) is 11.9. The van der Waals surface area contributed by atoms with Crippen LogP contribution >= 0.6 is 23.2 Å². The molecule has 0 saturated heterocycles. The number of carbonyl (C=O) groups is 2. The lowest BCUT2D eigenvalue weighted by molar-refractivity contribution is -0.143. The Morgan fingerprint density at radius 2 is 1.68 bits per heavy atom. The van der Waals surface area contributed by atoms with E-state index in [9.17, 15) is 18.0 Å². The zero-order valence-corrected chi connectivity index (χ0v) is 22.5. The Labute approximate surface area is 230 Å². The van der Waals surface area contributed by atoms with Crippen LogP contribution in [0.2, 0.25) is 10.0 Å². The highest BCUT2D eigenvalue weighted by atomic mass is 35.5. The maximum Gasteiger partial charge on any atom is 0.307 e. The Bertz CT molecular complexity index is 1460. The Kier molecular flexibility index (Phi) is 9.70. The van der Waals surface area contributed by atoms with Crippen LogP contribution in [0.3, 0.4) is 0 Å². The van der Waals surface area contributed by atoms with Crippen molar-refractivity contribution in [3.8, 4) is 0 Å². The molecule has 0 heterocycles. The molecule has 0 spiro atoms. The molecule has 3 rings (SSSR count). The highest BCUT2D eigenvalue weighted by Crippen LogP contribution is 2.28. The number of aliphatic imine (C=N–C) groups is 1. The van der Waals surface area contributed by atoms with Crippen molar-refractivity contribution < 1.29 is 22.7 Å². The van der Waals surface area contributed by atoms with Crippen LogP contribution in [0.4, 0.5) is 11.4 Å². The molecule has 1 amide bonds. The Morgan fingerprint density at radius 1 is 1.00 bits per heavy atom. The molecule has 0 aliphatic rings. The summed E-state index contributed by atoms with van der Waals surface area (Å²) in [6.45, 7) is 1.77. The standard InChI is InChI=1S/C25H25Cl2N5O5S/c1-2-37-23(33)14-22(16-9-17(26)12-18(27)10-16)32-38(35,36)21-8-4-7-20(13-21)30-24(34)15-5-3-6-19(11-15)31-25(28)29/h3-13,22,32H,2,14H2,1H3,(H,30,34)(H4,28,29,31). The molecule has 1 atom stereocenters. The van der Waals surface area contributed by atoms with Gasteiger partial charge in [0.25, 0.3) is 5.91 Å². The van der Waals surface area contributed by atoms with E-state index in [0.717, 1.165) is 0 Å². The maximum absolute atomic E-state index is 13.3. The highest BCUT2D eigenvalue weighted by Gasteiger charge is 2.25. The van der Waals surface area contributed by atoms with Crippen LogP contribution in [0.1, 0.15) is 35.3 Å². The summed E-state index contributed by atoms with van der Waals surface area (Å²) in [4.78, 5) is 28.7. The molecule has 13 heteroatoms. The summed E-state index contributed by atoms with van der Waals surface area (Å²) in [6, 6.07) is 15.4. The van der Waals surface area contributed by atoms with E-state index in [0.29, 0.717) is 11.3 Å². The van der Waals surface area contributed by atoms with Crippen molar-refractivity contribution in [3.63, 3.8) is 0 Å². The van der Waals surface area contributed by atoms with E-state index >= 15 is 0 Å². The van der Waals surface area contributed by atoms with Crippen LogP contribution in [0.5, 0.6) is 0 Å². The number of ether oxygens (including phenoxy) is 1. The van der Waals surface area contributed by atoms with Crippen molar-refractivity contribution in [1.82, 2.24) is 4.72 Å². The summed E-state index contributed by atoms with van der Waals surface area (Å²) in [5.74, 6) is -1.27. The van der Waals surface area contributed by atoms with E-state index in [2.05, 4.69) is 15.0 Å². The second kappa shape index (κ2) is 12.7. The van der Waals surface area contributed by atoms with Gasteiger partial charge in [0.15, 0.2) is 5.96 Å². The summed E-state index contributed by atoms with van der Waals surface area (Å²) in [7, 11) is -4.18. The third-order valence-electron chi connectivity index (χ3n) is 5.03. The Morgan fingerprint density at radius 3 is 2.34 bits per heavy atom. The Balaban J connectivity index is 1.86. The predicted octanol–water partition coefficient (Wildman–Crippen LogP) is 4.12. The molecule has 38 heavy (non-hydrogen) atoms. The number of benzene rings is 3. The van der Waals surface area contributed by atoms with Crippen LogP contribution in [-0.2, 0) is 19.6 Å². The molecule has 0 fully saturated rings. The molecule has 0 aliphatic carbocycles. The first-order valence-corrected chi connectivity index (χ1v) is 13.5. The number of nitrogens with two attached hydrogens (primary N) is 2. The Hall–Kier alpha value is -3.64. The summed E-state index contributed by atoms with van der Waals surface area (Å²) in [6.07, 6.45) is -0.299. The number of sulfonamides is 1. The number of anilines is 1. The second-order valence-corrected chi connectivity index (χ2v) is 10.5. The lowest BCUT2D eigenvalue weighted by Crippen LogP contribution is -2.31. The molecule has 0 aliphatic heterocycles. The van der Waals surface area contributed by atoms with Crippen molar-refractivity contribution in [2.24, 2.45) is 16.5 Å². The van der Waals surface area contributed by atoms with Crippen molar-refractivity contribution in [2.45, 2.75) is 24.3 Å². The highest BCUT2D eigenvalue weighted by molar-refractivity contribution is 7.89. The molecule has 0 saturated carbocycles. The molecular weight excluding hydrogens is 553 g/mol. The number of nitrogens with one attached hydrogen (secondary N) is 2. The number of halogens is 2. The third-order valence-corrected chi connectivity index (χ3v) is 6.94. The molecule has 0 aromatic heterocycles. The number of rotatable bonds is 10. The molecule has 200 valence electrons. The van der Waals surface area contributed by atoms with E-state index in [-0.39, 0.29) is 45.2 Å². The molecule has 0 radical (unpaired) electrons. The van der Waals surface area contributed by atoms with Gasteiger partial charge >= 0.3 is 5.97 Å². The van der Waals surface area contributed by atoms with Gasteiger partial charge in [0.1, 0.15) is 0 Å². The van der Waals surface area contributed by atoms with Gasteiger partial charge in [-0.3, -0.25) is 9.59 Å². The third kappa shape index (κ3) is 8.18. The zero-order chi connectivity index (χ0) is 27.9. The summed E-state index contributed by atoms with van der Waals surface area (Å²) in [5, 5.41) is 3.19. The van der Waals surface area contributed by atoms with Crippen LogP contribution in [0.25, 0.3) is 0 Å². The van der Waals surface area contributed by atoms with Gasteiger partial charge in [-0.15, -0.1) is 0 Å². The fraction of sp³-hybridized carbons (Fsp3) is 0.160. The van der Waals surface area contributed by atoms with Gasteiger partial charge in [-0.05, 0) is 67.1 Å². The van der Waals surface area contributed by atoms with Crippen molar-refractivity contribution in [1.29, 1.82) is 0 Å². The molecule has 6 N–H and O–H groups in total. The average Bonchev–Trinajstić information content (AvgIpc) is 2.83. The van der Waals surface area contributed by atoms with Crippen molar-refractivity contribution in [2.75, 3.05) is 11.9 Å². The minimum atomic E-state index is -4.18. The van der Waals surface area contributed by atoms with Gasteiger partial charge in [0, 0.05) is 21.3 Å². The quantitative estimate of drug-likeness (QED) is 0.160. The summed E-state index contributed by atoms with van der Waals surface area (Å²) >= 11 is 12.2. The van der Waals surface area contributed by atoms with E-state index in [1.165, 1.54) is 48.5 Å². The summed E-state index contributed by atoms with van der Waals surface area (Å²) in [5.41, 5.74) is 12.0. The minimum Gasteiger partial charge on any atom is -0.466 e. The lowest BCUT2D eigenvalue weighted by Gasteiger charge is -2.19. The molecular formula is C25H25Cl2N5O5S. The number of guanidine groups is 1. The fourth-order valence-corrected chi connectivity index (χ4v) is 5.27. The van der Waals surface area contributed by atoms with Gasteiger partial charge in [-0.1, -0.05) is 35.3 Å². The van der Waals surface area contributed by atoms with Gasteiger partial charge in [0.05, 0.1) is 29.7 Å². The van der Waals surface area contributed by atoms with Crippen LogP contribution < -0.4 is 21.5 Å². The number of amides is 1. The molecule has 10 nitrogen and oxygen atoms in total. The first-order chi connectivity index (χ1) is 18.0. The fourth-order valence-electron chi connectivity index (χ4n) is 3.46. The number of hydrogen-bond donors (Lipinski definition) is 4. The number of nitrogens with zero attached hydrogens (tertiary/aromatic N) is 1. The van der Waals surface area contributed by atoms with Gasteiger partial charge in [-0.2, -0.15) is 0 Å². The van der Waals surface area contributed by atoms with E-state index < -0.39 is 27.9 Å². The number of hydrogen-bond acceptors (Lipinski definition) is 6. The molecule has 0 bridgehead atoms. The maximum atomic E-state index is 13.3. The SMILES string of the molecule is CCOC(=O)CC(NS(=O)(=O)c1cccc(NC(=O)c2cccc(N=C(N)N)c2)c1)c1cc(Cl)cc(Cl)c1. The van der Waals surface area contributed by atoms with Gasteiger partial charge in [-0.25, -0.2) is 18.1 Å². The molecule has 3 aromatic carbocycles. The molecule has 3 aromatic rings. The van der Waals surface area contributed by atoms with Crippen LogP contribution in [-0.4, -0.2) is 32.9 Å². The monoisotopic (exact) mass is 577 g/mol. The van der Waals surface area contributed by atoms with Gasteiger partial charge in [0.2, 0.25) is 10.0 Å². The predicted molar refractivity (Wildman–Crippen MR) is 147 cm³/mol. The molecule has 1 unspecified atom stereocenters. The van der Waals surface area contributed by atoms with Crippen LogP contribution in [0, 0.1) is 0 Å². The smallest absolute Gasteiger partial charge is 0.307 e. The first kappa shape index (κ1) is 28.9. The minimum absolute atomic E-state index is 0.130. The zero-order valence-electron chi connectivity index (χ0n) is 20.1. The first-order valence-electron chi connectivity index (χ1n) is 11.2. The van der Waals surface area contributed by atoms with E-state index in [1.54, 1.807) is 25.1 Å². The number of carbonyl (C=O) groups excluding carboxylic acids is 2. The van der Waals surface area contributed by atoms with Gasteiger partial charge < -0.3 is 21.5 Å². The number of esters is 1. The van der Waals surface area contributed by atoms with Crippen molar-refractivity contribution >= 4 is 62.4 Å². The topological polar surface area (TPSA) is 166 Å². The van der Waals surface area contributed by atoms with E-state index in [4.69, 9.17) is 39.4 Å². The van der Waals surface area contributed by atoms with E-state index in [1.807, 2.05) is 0 Å². The largest absolute Gasteiger partial charge is 0.466 e. The second-order valence-electron chi connectivity index (χ2n) is 7.95. The van der Waals surface area contributed by atoms with Crippen LogP contribution in [0.15, 0.2) is 76.6 Å². The average molecular weight is 578 g/mol. The summed E-state index contributed by atoms with van der Waals surface area (Å²) < 4.78 is 34.1. The lowest BCUT2D eigenvalue weighted by atomic mass is 10.1.